The number of anilines is 1. The summed E-state index contributed by atoms with van der Waals surface area (Å²) in [6.07, 6.45) is 4.37. The summed E-state index contributed by atoms with van der Waals surface area (Å²) in [4.78, 5) is 18.0. The molecule has 0 bridgehead atoms. The maximum Gasteiger partial charge on any atom is 0.226 e. The molecular formula is C31H35N3O2. The van der Waals surface area contributed by atoms with Crippen molar-refractivity contribution in [3.63, 3.8) is 0 Å². The third kappa shape index (κ3) is 5.63. The van der Waals surface area contributed by atoms with Gasteiger partial charge in [0, 0.05) is 35.2 Å². The van der Waals surface area contributed by atoms with Crippen molar-refractivity contribution in [2.45, 2.75) is 46.1 Å². The normalized spacial score (nSPS) is 14.9. The number of aromatic amines is 1. The van der Waals surface area contributed by atoms with E-state index >= 15 is 0 Å². The number of aryl methyl sites for hydroxylation is 1. The predicted molar refractivity (Wildman–Crippen MR) is 147 cm³/mol. The van der Waals surface area contributed by atoms with Crippen molar-refractivity contribution in [1.82, 2.24) is 9.88 Å². The number of fused-ring (bicyclic) bond motifs is 1. The van der Waals surface area contributed by atoms with Crippen molar-refractivity contribution >= 4 is 22.5 Å². The molecule has 1 aliphatic rings. The molecule has 5 rings (SSSR count). The van der Waals surface area contributed by atoms with Gasteiger partial charge in [-0.05, 0) is 92.4 Å². The van der Waals surface area contributed by atoms with Gasteiger partial charge >= 0.3 is 0 Å². The first-order chi connectivity index (χ1) is 17.4. The fraction of sp³-hybridized carbons (Fsp3) is 0.323. The largest absolute Gasteiger partial charge is 0.457 e. The summed E-state index contributed by atoms with van der Waals surface area (Å²) in [6.45, 7) is 8.94. The number of hydrogen-bond donors (Lipinski definition) is 2. The van der Waals surface area contributed by atoms with Gasteiger partial charge in [-0.1, -0.05) is 43.7 Å². The summed E-state index contributed by atoms with van der Waals surface area (Å²) in [5.41, 5.74) is 5.88. The monoisotopic (exact) mass is 481 g/mol. The first-order valence-corrected chi connectivity index (χ1v) is 12.9. The third-order valence-electron chi connectivity index (χ3n) is 7.13. The average molecular weight is 482 g/mol. The molecule has 5 heteroatoms. The summed E-state index contributed by atoms with van der Waals surface area (Å²) in [6, 6.07) is 22.8. The Bertz CT molecular complexity index is 1330. The number of rotatable bonds is 7. The number of ether oxygens (including phenoxy) is 1. The van der Waals surface area contributed by atoms with Crippen LogP contribution in [0.1, 0.15) is 49.3 Å². The molecule has 0 aliphatic carbocycles. The quantitative estimate of drug-likeness (QED) is 0.292. The summed E-state index contributed by atoms with van der Waals surface area (Å²) in [5, 5.41) is 4.25. The van der Waals surface area contributed by atoms with Crippen LogP contribution in [0.3, 0.4) is 0 Å². The standard InChI is InChI=1S/C31H35N3O2/c1-21(2)31(35)33-26-6-4-5-24(17-26)23-13-15-34(16-14-23)20-25-19-32-30-12-11-28(18-29(25)30)36-27-9-7-22(3)8-10-27/h4-12,17-19,21,23,32H,13-16,20H2,1-3H3,(H,33,35). The number of H-pyrrole nitrogens is 1. The molecule has 1 aliphatic heterocycles. The Hall–Kier alpha value is -3.57. The fourth-order valence-corrected chi connectivity index (χ4v) is 4.92. The lowest BCUT2D eigenvalue weighted by molar-refractivity contribution is -0.118. The Labute approximate surface area is 213 Å². The van der Waals surface area contributed by atoms with Gasteiger partial charge in [0.25, 0.3) is 0 Å². The van der Waals surface area contributed by atoms with E-state index in [1.54, 1.807) is 0 Å². The zero-order valence-corrected chi connectivity index (χ0v) is 21.4. The second-order valence-corrected chi connectivity index (χ2v) is 10.3. The second kappa shape index (κ2) is 10.6. The van der Waals surface area contributed by atoms with Crippen molar-refractivity contribution in [3.05, 3.63) is 89.6 Å². The molecule has 0 unspecified atom stereocenters. The molecule has 5 nitrogen and oxygen atoms in total. The zero-order chi connectivity index (χ0) is 25.1. The number of nitrogens with zero attached hydrogens (tertiary/aromatic N) is 1. The second-order valence-electron chi connectivity index (χ2n) is 10.3. The number of aromatic nitrogens is 1. The van der Waals surface area contributed by atoms with Crippen LogP contribution in [0.4, 0.5) is 5.69 Å². The zero-order valence-electron chi connectivity index (χ0n) is 21.4. The van der Waals surface area contributed by atoms with Gasteiger partial charge in [0.05, 0.1) is 0 Å². The van der Waals surface area contributed by atoms with Gasteiger partial charge < -0.3 is 15.0 Å². The Balaban J connectivity index is 1.22. The molecular weight excluding hydrogens is 446 g/mol. The smallest absolute Gasteiger partial charge is 0.226 e. The fourth-order valence-electron chi connectivity index (χ4n) is 4.92. The first-order valence-electron chi connectivity index (χ1n) is 12.9. The van der Waals surface area contributed by atoms with Gasteiger partial charge in [-0.3, -0.25) is 9.69 Å². The van der Waals surface area contributed by atoms with Crippen molar-refractivity contribution in [1.29, 1.82) is 0 Å². The highest BCUT2D eigenvalue weighted by atomic mass is 16.5. The number of likely N-dealkylation sites (tertiary alicyclic amines) is 1. The van der Waals surface area contributed by atoms with Gasteiger partial charge in [0.1, 0.15) is 11.5 Å². The third-order valence-corrected chi connectivity index (χ3v) is 7.13. The van der Waals surface area contributed by atoms with Gasteiger partial charge in [-0.25, -0.2) is 0 Å². The van der Waals surface area contributed by atoms with Gasteiger partial charge in [-0.15, -0.1) is 0 Å². The number of benzene rings is 3. The molecule has 1 saturated heterocycles. The van der Waals surface area contributed by atoms with Gasteiger partial charge in [0.2, 0.25) is 5.91 Å². The number of carbonyl (C=O) groups is 1. The maximum atomic E-state index is 12.1. The summed E-state index contributed by atoms with van der Waals surface area (Å²) >= 11 is 0. The van der Waals surface area contributed by atoms with Crippen LogP contribution in [-0.4, -0.2) is 28.9 Å². The number of carbonyl (C=O) groups excluding carboxylic acids is 1. The van der Waals surface area contributed by atoms with Crippen molar-refractivity contribution < 1.29 is 9.53 Å². The number of nitrogens with one attached hydrogen (secondary N) is 2. The van der Waals surface area contributed by atoms with Gasteiger partial charge in [0.15, 0.2) is 0 Å². The molecule has 1 aromatic heterocycles. The lowest BCUT2D eigenvalue weighted by atomic mass is 9.89. The van der Waals surface area contributed by atoms with Crippen LogP contribution < -0.4 is 10.1 Å². The minimum atomic E-state index is -0.0216. The van der Waals surface area contributed by atoms with Gasteiger partial charge in [-0.2, -0.15) is 0 Å². The number of amides is 1. The first kappa shape index (κ1) is 24.1. The molecule has 0 atom stereocenters. The lowest BCUT2D eigenvalue weighted by Crippen LogP contribution is -2.32. The Morgan fingerprint density at radius 1 is 1.03 bits per heavy atom. The van der Waals surface area contributed by atoms with E-state index in [0.717, 1.165) is 55.2 Å². The number of hydrogen-bond acceptors (Lipinski definition) is 3. The van der Waals surface area contributed by atoms with Crippen molar-refractivity contribution in [2.24, 2.45) is 5.92 Å². The molecule has 0 spiro atoms. The van der Waals surface area contributed by atoms with E-state index in [9.17, 15) is 4.79 Å². The van der Waals surface area contributed by atoms with E-state index in [0.29, 0.717) is 5.92 Å². The highest BCUT2D eigenvalue weighted by Gasteiger charge is 2.22. The van der Waals surface area contributed by atoms with E-state index in [-0.39, 0.29) is 11.8 Å². The minimum absolute atomic E-state index is 0.0216. The topological polar surface area (TPSA) is 57.4 Å². The molecule has 0 saturated carbocycles. The average Bonchev–Trinajstić information content (AvgIpc) is 3.28. The predicted octanol–water partition coefficient (Wildman–Crippen LogP) is 7.24. The SMILES string of the molecule is Cc1ccc(Oc2ccc3[nH]cc(CN4CCC(c5cccc(NC(=O)C(C)C)c5)CC4)c3c2)cc1. The molecule has 186 valence electrons. The Morgan fingerprint density at radius 2 is 1.78 bits per heavy atom. The minimum Gasteiger partial charge on any atom is -0.457 e. The molecule has 2 heterocycles. The molecule has 1 fully saturated rings. The van der Waals surface area contributed by atoms with Crippen molar-refractivity contribution in [2.75, 3.05) is 18.4 Å². The Morgan fingerprint density at radius 3 is 2.53 bits per heavy atom. The van der Waals surface area contributed by atoms with Crippen LogP contribution in [0.2, 0.25) is 0 Å². The highest BCUT2D eigenvalue weighted by Crippen LogP contribution is 2.32. The molecule has 2 N–H and O–H groups in total. The highest BCUT2D eigenvalue weighted by molar-refractivity contribution is 5.92. The lowest BCUT2D eigenvalue weighted by Gasteiger charge is -2.32. The van der Waals surface area contributed by atoms with E-state index < -0.39 is 0 Å². The maximum absolute atomic E-state index is 12.1. The van der Waals surface area contributed by atoms with E-state index in [4.69, 9.17) is 4.74 Å². The molecule has 36 heavy (non-hydrogen) atoms. The van der Waals surface area contributed by atoms with E-state index in [2.05, 4.69) is 70.8 Å². The van der Waals surface area contributed by atoms with E-state index in [1.165, 1.54) is 22.1 Å². The summed E-state index contributed by atoms with van der Waals surface area (Å²) in [7, 11) is 0. The van der Waals surface area contributed by atoms with Crippen LogP contribution in [0.25, 0.3) is 10.9 Å². The molecule has 0 radical (unpaired) electrons. The summed E-state index contributed by atoms with van der Waals surface area (Å²) < 4.78 is 6.11. The summed E-state index contributed by atoms with van der Waals surface area (Å²) in [5.74, 6) is 2.27. The van der Waals surface area contributed by atoms with Crippen LogP contribution in [0.5, 0.6) is 11.5 Å². The molecule has 3 aromatic carbocycles. The van der Waals surface area contributed by atoms with Crippen molar-refractivity contribution in [3.8, 4) is 11.5 Å². The van der Waals surface area contributed by atoms with Crippen LogP contribution in [0.15, 0.2) is 72.9 Å². The Kier molecular flexibility index (Phi) is 7.10. The van der Waals surface area contributed by atoms with E-state index in [1.807, 2.05) is 38.1 Å². The van der Waals surface area contributed by atoms with Crippen LogP contribution in [-0.2, 0) is 11.3 Å². The number of piperidine rings is 1. The molecule has 1 amide bonds. The van der Waals surface area contributed by atoms with Crippen LogP contribution >= 0.6 is 0 Å². The van der Waals surface area contributed by atoms with Crippen LogP contribution in [0, 0.1) is 12.8 Å². The molecule has 4 aromatic rings.